The topological polar surface area (TPSA) is 56.5 Å². The Morgan fingerprint density at radius 1 is 1.17 bits per heavy atom. The van der Waals surface area contributed by atoms with Crippen LogP contribution in [0.2, 0.25) is 0 Å². The molecule has 1 aliphatic rings. The van der Waals surface area contributed by atoms with E-state index >= 15 is 0 Å². The quantitative estimate of drug-likeness (QED) is 0.922. The number of hydrogen-bond donors (Lipinski definition) is 1. The molecule has 1 aliphatic heterocycles. The normalized spacial score (nSPS) is 18.0. The van der Waals surface area contributed by atoms with Crippen molar-refractivity contribution in [2.24, 2.45) is 0 Å². The van der Waals surface area contributed by atoms with Gasteiger partial charge in [0.25, 0.3) is 0 Å². The van der Waals surface area contributed by atoms with Gasteiger partial charge in [0, 0.05) is 26.7 Å². The molecule has 1 N–H and O–H groups in total. The first-order chi connectivity index (χ1) is 11.2. The van der Waals surface area contributed by atoms with E-state index in [9.17, 15) is 5.11 Å². The number of likely N-dealkylation sites (tertiary alicyclic amines) is 1. The molecule has 0 radical (unpaired) electrons. The summed E-state index contributed by atoms with van der Waals surface area (Å²) in [7, 11) is 1.74. The van der Waals surface area contributed by atoms with Crippen molar-refractivity contribution in [2.45, 2.75) is 11.7 Å². The number of aliphatic hydroxyl groups excluding tert-OH is 1. The van der Waals surface area contributed by atoms with Crippen LogP contribution in [-0.2, 0) is 10.3 Å². The van der Waals surface area contributed by atoms with E-state index in [0.717, 1.165) is 18.7 Å². The summed E-state index contributed by atoms with van der Waals surface area (Å²) in [6.45, 7) is 2.09. The summed E-state index contributed by atoms with van der Waals surface area (Å²) in [5.74, 6) is 0. The molecular weight excluding hydrogens is 288 g/mol. The third-order valence-corrected chi connectivity index (χ3v) is 4.50. The van der Waals surface area contributed by atoms with Crippen LogP contribution in [-0.4, -0.2) is 36.8 Å². The molecule has 0 aromatic heterocycles. The van der Waals surface area contributed by atoms with Crippen LogP contribution in [0.25, 0.3) is 0 Å². The van der Waals surface area contributed by atoms with Crippen molar-refractivity contribution in [3.63, 3.8) is 0 Å². The van der Waals surface area contributed by atoms with Crippen LogP contribution in [0.5, 0.6) is 0 Å². The molecule has 0 spiro atoms. The van der Waals surface area contributed by atoms with Gasteiger partial charge in [0.2, 0.25) is 0 Å². The number of nitrogens with zero attached hydrogens (tertiary/aromatic N) is 2. The van der Waals surface area contributed by atoms with Crippen LogP contribution < -0.4 is 0 Å². The minimum absolute atomic E-state index is 0.272. The number of aliphatic hydroxyl groups is 1. The van der Waals surface area contributed by atoms with Gasteiger partial charge in [-0.2, -0.15) is 5.26 Å². The monoisotopic (exact) mass is 308 g/mol. The minimum atomic E-state index is -0.562. The molecule has 4 nitrogen and oxygen atoms in total. The zero-order valence-corrected chi connectivity index (χ0v) is 13.1. The minimum Gasteiger partial charge on any atom is -0.387 e. The van der Waals surface area contributed by atoms with Crippen molar-refractivity contribution in [2.75, 3.05) is 26.7 Å². The molecule has 1 unspecified atom stereocenters. The fraction of sp³-hybridized carbons (Fsp3) is 0.316. The Balaban J connectivity index is 1.61. The third kappa shape index (κ3) is 3.13. The van der Waals surface area contributed by atoms with Crippen LogP contribution >= 0.6 is 0 Å². The molecule has 1 fully saturated rings. The Kier molecular flexibility index (Phi) is 4.44. The number of β-amino-alcohol motifs (C(OH)–C–C–N with tert-alkyl or cyclic N) is 1. The van der Waals surface area contributed by atoms with Gasteiger partial charge in [-0.3, -0.25) is 4.90 Å². The number of benzene rings is 2. The van der Waals surface area contributed by atoms with Gasteiger partial charge in [-0.25, -0.2) is 0 Å². The van der Waals surface area contributed by atoms with Crippen molar-refractivity contribution in [1.29, 1.82) is 5.26 Å². The molecule has 0 bridgehead atoms. The van der Waals surface area contributed by atoms with E-state index in [1.807, 2.05) is 30.3 Å². The summed E-state index contributed by atoms with van der Waals surface area (Å²) in [5.41, 5.74) is 2.34. The van der Waals surface area contributed by atoms with Crippen molar-refractivity contribution in [1.82, 2.24) is 4.90 Å². The highest BCUT2D eigenvalue weighted by Gasteiger charge is 2.45. The molecule has 0 aliphatic carbocycles. The van der Waals surface area contributed by atoms with Crippen molar-refractivity contribution < 1.29 is 9.84 Å². The van der Waals surface area contributed by atoms with Gasteiger partial charge < -0.3 is 9.84 Å². The maximum absolute atomic E-state index is 10.4. The first-order valence-corrected chi connectivity index (χ1v) is 7.68. The lowest BCUT2D eigenvalue weighted by Gasteiger charge is -2.50. The van der Waals surface area contributed by atoms with Crippen molar-refractivity contribution in [3.05, 3.63) is 71.3 Å². The zero-order chi connectivity index (χ0) is 16.3. The lowest BCUT2D eigenvalue weighted by atomic mass is 9.85. The van der Waals surface area contributed by atoms with Gasteiger partial charge in [0.05, 0.1) is 17.7 Å². The molecule has 3 rings (SSSR count). The molecular formula is C19H20N2O2. The fourth-order valence-electron chi connectivity index (χ4n) is 3.11. The SMILES string of the molecule is COC1(c2ccccc2)CN(CC(O)c2ccc(C#N)cc2)C1. The summed E-state index contributed by atoms with van der Waals surface area (Å²) < 4.78 is 5.75. The first kappa shape index (κ1) is 15.7. The Morgan fingerprint density at radius 2 is 1.83 bits per heavy atom. The molecule has 1 saturated heterocycles. The smallest absolute Gasteiger partial charge is 0.118 e. The van der Waals surface area contributed by atoms with E-state index in [4.69, 9.17) is 10.00 Å². The number of methoxy groups -OCH3 is 1. The molecule has 1 heterocycles. The average molecular weight is 308 g/mol. The third-order valence-electron chi connectivity index (χ3n) is 4.50. The summed E-state index contributed by atoms with van der Waals surface area (Å²) in [5, 5.41) is 19.2. The molecule has 2 aromatic rings. The predicted molar refractivity (Wildman–Crippen MR) is 87.7 cm³/mol. The highest BCUT2D eigenvalue weighted by atomic mass is 16.5. The summed E-state index contributed by atoms with van der Waals surface area (Å²) in [6, 6.07) is 19.4. The molecule has 118 valence electrons. The highest BCUT2D eigenvalue weighted by molar-refractivity contribution is 5.33. The molecule has 0 amide bonds. The van der Waals surface area contributed by atoms with Crippen LogP contribution in [0.15, 0.2) is 54.6 Å². The fourth-order valence-corrected chi connectivity index (χ4v) is 3.11. The van der Waals surface area contributed by atoms with Gasteiger partial charge in [0.15, 0.2) is 0 Å². The van der Waals surface area contributed by atoms with Gasteiger partial charge >= 0.3 is 0 Å². The second-order valence-corrected chi connectivity index (χ2v) is 5.98. The van der Waals surface area contributed by atoms with Gasteiger partial charge in [-0.05, 0) is 23.3 Å². The van der Waals surface area contributed by atoms with Gasteiger partial charge in [0.1, 0.15) is 5.60 Å². The standard InChI is InChI=1S/C19H20N2O2/c1-23-19(17-5-3-2-4-6-17)13-21(14-19)12-18(22)16-9-7-15(11-20)8-10-16/h2-10,18,22H,12-14H2,1H3. The zero-order valence-electron chi connectivity index (χ0n) is 13.1. The predicted octanol–water partition coefficient (Wildman–Crippen LogP) is 2.45. The molecule has 23 heavy (non-hydrogen) atoms. The Hall–Kier alpha value is -2.19. The van der Waals surface area contributed by atoms with E-state index in [1.165, 1.54) is 5.56 Å². The first-order valence-electron chi connectivity index (χ1n) is 7.68. The number of ether oxygens (including phenoxy) is 1. The summed E-state index contributed by atoms with van der Waals surface area (Å²) >= 11 is 0. The van der Waals surface area contributed by atoms with Crippen LogP contribution in [0, 0.1) is 11.3 Å². The van der Waals surface area contributed by atoms with Gasteiger partial charge in [-0.1, -0.05) is 42.5 Å². The number of nitriles is 1. The number of rotatable bonds is 5. The van der Waals surface area contributed by atoms with E-state index in [-0.39, 0.29) is 5.60 Å². The van der Waals surface area contributed by atoms with Crippen LogP contribution in [0.1, 0.15) is 22.8 Å². The van der Waals surface area contributed by atoms with Crippen molar-refractivity contribution >= 4 is 0 Å². The molecule has 4 heteroatoms. The average Bonchev–Trinajstić information content (AvgIpc) is 2.58. The maximum atomic E-state index is 10.4. The molecule has 1 atom stereocenters. The Labute approximate surface area is 136 Å². The van der Waals surface area contributed by atoms with E-state index in [0.29, 0.717) is 12.1 Å². The van der Waals surface area contributed by atoms with E-state index in [2.05, 4.69) is 23.1 Å². The summed E-state index contributed by atoms with van der Waals surface area (Å²) in [6.07, 6.45) is -0.562. The second kappa shape index (κ2) is 6.51. The van der Waals surface area contributed by atoms with Gasteiger partial charge in [-0.15, -0.1) is 0 Å². The lowest BCUT2D eigenvalue weighted by Crippen LogP contribution is -2.61. The number of hydrogen-bond acceptors (Lipinski definition) is 4. The maximum Gasteiger partial charge on any atom is 0.118 e. The Bertz CT molecular complexity index is 686. The highest BCUT2D eigenvalue weighted by Crippen LogP contribution is 2.36. The molecule has 2 aromatic carbocycles. The van der Waals surface area contributed by atoms with Crippen molar-refractivity contribution in [3.8, 4) is 6.07 Å². The second-order valence-electron chi connectivity index (χ2n) is 5.98. The largest absolute Gasteiger partial charge is 0.387 e. The van der Waals surface area contributed by atoms with E-state index < -0.39 is 6.10 Å². The molecule has 0 saturated carbocycles. The summed E-state index contributed by atoms with van der Waals surface area (Å²) in [4.78, 5) is 2.18. The van der Waals surface area contributed by atoms with E-state index in [1.54, 1.807) is 19.2 Å². The lowest BCUT2D eigenvalue weighted by molar-refractivity contribution is -0.139. The van der Waals surface area contributed by atoms with Crippen LogP contribution in [0.4, 0.5) is 0 Å². The Morgan fingerprint density at radius 3 is 2.39 bits per heavy atom. The van der Waals surface area contributed by atoms with Crippen LogP contribution in [0.3, 0.4) is 0 Å².